The Kier molecular flexibility index (Phi) is 4.64. The molecule has 0 saturated carbocycles. The van der Waals surface area contributed by atoms with Gasteiger partial charge in [0, 0.05) is 11.7 Å². The first-order valence-electron chi connectivity index (χ1n) is 7.71. The number of hydrogen-bond donors (Lipinski definition) is 1. The Hall–Kier alpha value is -2.58. The molecule has 1 amide bonds. The Morgan fingerprint density at radius 1 is 1.15 bits per heavy atom. The normalized spacial score (nSPS) is 11.5. The SMILES string of the molecule is COc1ccc(S(=O)(=O)N(C)c2ccc3sc(C(N)=O)cc3c2)cc1C. The number of sulfonamides is 1. The number of carbonyl (C=O) groups is 1. The topological polar surface area (TPSA) is 89.7 Å². The maximum atomic E-state index is 12.9. The lowest BCUT2D eigenvalue weighted by Crippen LogP contribution is -2.26. The first-order valence-corrected chi connectivity index (χ1v) is 9.96. The van der Waals surface area contributed by atoms with Crippen molar-refractivity contribution in [2.24, 2.45) is 5.73 Å². The van der Waals surface area contributed by atoms with Crippen molar-refractivity contribution in [2.45, 2.75) is 11.8 Å². The summed E-state index contributed by atoms with van der Waals surface area (Å²) >= 11 is 1.28. The number of rotatable bonds is 5. The van der Waals surface area contributed by atoms with Gasteiger partial charge in [0.15, 0.2) is 0 Å². The van der Waals surface area contributed by atoms with Crippen LogP contribution in [0.5, 0.6) is 5.75 Å². The van der Waals surface area contributed by atoms with E-state index in [1.165, 1.54) is 28.8 Å². The standard InChI is InChI=1S/C18H18N2O4S2/c1-11-8-14(5-6-15(11)24-3)26(22,23)20(2)13-4-7-16-12(9-13)10-17(25-16)18(19)21/h4-10H,1-3H3,(H2,19,21). The molecule has 2 aromatic carbocycles. The van der Waals surface area contributed by atoms with Crippen LogP contribution in [-0.4, -0.2) is 28.5 Å². The van der Waals surface area contributed by atoms with E-state index in [1.54, 1.807) is 50.4 Å². The molecule has 0 spiro atoms. The van der Waals surface area contributed by atoms with Crippen molar-refractivity contribution in [3.8, 4) is 5.75 Å². The molecule has 136 valence electrons. The Bertz CT molecular complexity index is 1100. The lowest BCUT2D eigenvalue weighted by Gasteiger charge is -2.20. The molecular weight excluding hydrogens is 372 g/mol. The molecule has 0 aliphatic heterocycles. The number of thiophene rings is 1. The van der Waals surface area contributed by atoms with Crippen LogP contribution in [-0.2, 0) is 10.0 Å². The van der Waals surface area contributed by atoms with Crippen LogP contribution in [0.15, 0.2) is 47.4 Å². The van der Waals surface area contributed by atoms with E-state index >= 15 is 0 Å². The number of ether oxygens (including phenoxy) is 1. The van der Waals surface area contributed by atoms with Crippen LogP contribution in [0.4, 0.5) is 5.69 Å². The molecule has 0 atom stereocenters. The Morgan fingerprint density at radius 3 is 2.50 bits per heavy atom. The number of carbonyl (C=O) groups excluding carboxylic acids is 1. The third-order valence-electron chi connectivity index (χ3n) is 4.13. The fourth-order valence-corrected chi connectivity index (χ4v) is 4.82. The minimum Gasteiger partial charge on any atom is -0.496 e. The second kappa shape index (κ2) is 6.62. The number of hydrogen-bond acceptors (Lipinski definition) is 5. The molecule has 26 heavy (non-hydrogen) atoms. The summed E-state index contributed by atoms with van der Waals surface area (Å²) in [6, 6.07) is 11.6. The van der Waals surface area contributed by atoms with E-state index in [1.807, 2.05) is 0 Å². The molecule has 0 fully saturated rings. The lowest BCUT2D eigenvalue weighted by atomic mass is 10.2. The number of aryl methyl sites for hydroxylation is 1. The van der Waals surface area contributed by atoms with Gasteiger partial charge in [0.1, 0.15) is 5.75 Å². The molecule has 3 aromatic rings. The predicted molar refractivity (Wildman–Crippen MR) is 104 cm³/mol. The van der Waals surface area contributed by atoms with E-state index < -0.39 is 15.9 Å². The zero-order valence-electron chi connectivity index (χ0n) is 14.5. The summed E-state index contributed by atoms with van der Waals surface area (Å²) in [6.45, 7) is 1.79. The van der Waals surface area contributed by atoms with Gasteiger partial charge in [0.25, 0.3) is 15.9 Å². The van der Waals surface area contributed by atoms with E-state index in [2.05, 4.69) is 0 Å². The Balaban J connectivity index is 2.01. The summed E-state index contributed by atoms with van der Waals surface area (Å²) < 4.78 is 33.2. The first-order chi connectivity index (χ1) is 12.2. The molecule has 0 bridgehead atoms. The molecule has 3 rings (SSSR count). The van der Waals surface area contributed by atoms with Crippen molar-refractivity contribution in [3.05, 3.63) is 52.9 Å². The molecule has 0 aliphatic rings. The number of benzene rings is 2. The first kappa shape index (κ1) is 18.2. The van der Waals surface area contributed by atoms with Crippen molar-refractivity contribution in [1.29, 1.82) is 0 Å². The smallest absolute Gasteiger partial charge is 0.264 e. The third kappa shape index (κ3) is 3.13. The van der Waals surface area contributed by atoms with Crippen molar-refractivity contribution >= 4 is 43.0 Å². The number of nitrogens with zero attached hydrogens (tertiary/aromatic N) is 1. The van der Waals surface area contributed by atoms with E-state index in [0.29, 0.717) is 16.3 Å². The molecule has 1 aromatic heterocycles. The van der Waals surface area contributed by atoms with Gasteiger partial charge < -0.3 is 10.5 Å². The molecule has 1 heterocycles. The van der Waals surface area contributed by atoms with Crippen LogP contribution in [0.2, 0.25) is 0 Å². The average Bonchev–Trinajstić information content (AvgIpc) is 3.04. The largest absolute Gasteiger partial charge is 0.496 e. The summed E-state index contributed by atoms with van der Waals surface area (Å²) in [5.41, 5.74) is 6.55. The second-order valence-corrected chi connectivity index (χ2v) is 8.85. The molecular formula is C18H18N2O4S2. The van der Waals surface area contributed by atoms with Gasteiger partial charge in [0.05, 0.1) is 22.6 Å². The van der Waals surface area contributed by atoms with Gasteiger partial charge in [-0.25, -0.2) is 8.42 Å². The highest BCUT2D eigenvalue weighted by molar-refractivity contribution is 7.92. The second-order valence-electron chi connectivity index (χ2n) is 5.80. The van der Waals surface area contributed by atoms with Gasteiger partial charge >= 0.3 is 0 Å². The lowest BCUT2D eigenvalue weighted by molar-refractivity contribution is 0.100. The fourth-order valence-electron chi connectivity index (χ4n) is 2.66. The van der Waals surface area contributed by atoms with E-state index in [-0.39, 0.29) is 4.90 Å². The molecule has 0 unspecified atom stereocenters. The van der Waals surface area contributed by atoms with Crippen LogP contribution in [0.25, 0.3) is 10.1 Å². The van der Waals surface area contributed by atoms with E-state index in [0.717, 1.165) is 15.6 Å². The monoisotopic (exact) mass is 390 g/mol. The van der Waals surface area contributed by atoms with Crippen molar-refractivity contribution in [3.63, 3.8) is 0 Å². The van der Waals surface area contributed by atoms with Crippen LogP contribution in [0, 0.1) is 6.92 Å². The highest BCUT2D eigenvalue weighted by Gasteiger charge is 2.22. The number of methoxy groups -OCH3 is 1. The number of anilines is 1. The molecule has 0 aliphatic carbocycles. The Labute approximate surface area is 155 Å². The van der Waals surface area contributed by atoms with Crippen molar-refractivity contribution in [2.75, 3.05) is 18.5 Å². The maximum Gasteiger partial charge on any atom is 0.264 e. The van der Waals surface area contributed by atoms with Crippen molar-refractivity contribution in [1.82, 2.24) is 0 Å². The zero-order valence-corrected chi connectivity index (χ0v) is 16.1. The van der Waals surface area contributed by atoms with E-state index in [9.17, 15) is 13.2 Å². The van der Waals surface area contributed by atoms with Crippen LogP contribution >= 0.6 is 11.3 Å². The fraction of sp³-hybridized carbons (Fsp3) is 0.167. The van der Waals surface area contributed by atoms with E-state index in [4.69, 9.17) is 10.5 Å². The van der Waals surface area contributed by atoms with Gasteiger partial charge in [-0.2, -0.15) is 0 Å². The highest BCUT2D eigenvalue weighted by Crippen LogP contribution is 2.31. The highest BCUT2D eigenvalue weighted by atomic mass is 32.2. The molecule has 0 saturated heterocycles. The predicted octanol–water partition coefficient (Wildman–Crippen LogP) is 3.14. The van der Waals surface area contributed by atoms with Crippen LogP contribution < -0.4 is 14.8 Å². The van der Waals surface area contributed by atoms with Gasteiger partial charge in [-0.3, -0.25) is 9.10 Å². The Morgan fingerprint density at radius 2 is 1.88 bits per heavy atom. The minimum absolute atomic E-state index is 0.182. The minimum atomic E-state index is -3.73. The molecule has 2 N–H and O–H groups in total. The summed E-state index contributed by atoms with van der Waals surface area (Å²) in [6.07, 6.45) is 0. The molecule has 6 nitrogen and oxygen atoms in total. The van der Waals surface area contributed by atoms with Crippen molar-refractivity contribution < 1.29 is 17.9 Å². The quantitative estimate of drug-likeness (QED) is 0.725. The third-order valence-corrected chi connectivity index (χ3v) is 7.04. The van der Waals surface area contributed by atoms with Gasteiger partial charge in [-0.15, -0.1) is 11.3 Å². The zero-order chi connectivity index (χ0) is 19.1. The van der Waals surface area contributed by atoms with Gasteiger partial charge in [-0.05, 0) is 60.3 Å². The molecule has 8 heteroatoms. The summed E-state index contributed by atoms with van der Waals surface area (Å²) in [5.74, 6) is 0.132. The maximum absolute atomic E-state index is 12.9. The van der Waals surface area contributed by atoms with Gasteiger partial charge in [0.2, 0.25) is 0 Å². The van der Waals surface area contributed by atoms with Crippen LogP contribution in [0.3, 0.4) is 0 Å². The number of amides is 1. The number of fused-ring (bicyclic) bond motifs is 1. The summed E-state index contributed by atoms with van der Waals surface area (Å²) in [5, 5.41) is 0.772. The number of nitrogens with two attached hydrogens (primary N) is 1. The van der Waals surface area contributed by atoms with Crippen LogP contribution in [0.1, 0.15) is 15.2 Å². The molecule has 0 radical (unpaired) electrons. The summed E-state index contributed by atoms with van der Waals surface area (Å²) in [4.78, 5) is 12.0. The average molecular weight is 390 g/mol. The number of primary amides is 1. The summed E-state index contributed by atoms with van der Waals surface area (Å²) in [7, 11) is -0.690. The van der Waals surface area contributed by atoms with Gasteiger partial charge in [-0.1, -0.05) is 0 Å².